The first-order valence-corrected chi connectivity index (χ1v) is 3.61. The van der Waals surface area contributed by atoms with Crippen LogP contribution in [0.25, 0.3) is 0 Å². The van der Waals surface area contributed by atoms with Gasteiger partial charge in [-0.3, -0.25) is 9.59 Å². The van der Waals surface area contributed by atoms with E-state index in [9.17, 15) is 14.4 Å². The Hall–Kier alpha value is -1.63. The third-order valence-electron chi connectivity index (χ3n) is 1.48. The van der Waals surface area contributed by atoms with Gasteiger partial charge in [0, 0.05) is 0 Å². The van der Waals surface area contributed by atoms with E-state index in [0.29, 0.717) is 0 Å². The van der Waals surface area contributed by atoms with Gasteiger partial charge in [-0.2, -0.15) is 0 Å². The molecular weight excluding hydrogens is 178 g/mol. The molecule has 7 heteroatoms. The van der Waals surface area contributed by atoms with Crippen LogP contribution in [0, 0.1) is 0 Å². The molecular formula is C6H9N3O4. The molecule has 0 aromatic carbocycles. The Kier molecular flexibility index (Phi) is 2.80. The number of carbonyl (C=O) groups is 3. The van der Waals surface area contributed by atoms with Crippen molar-refractivity contribution in [1.82, 2.24) is 16.0 Å². The second-order valence-corrected chi connectivity index (χ2v) is 2.45. The largest absolute Gasteiger partial charge is 0.376 e. The number of aliphatic hydroxyl groups is 1. The maximum atomic E-state index is 10.9. The lowest BCUT2D eigenvalue weighted by molar-refractivity contribution is -0.122. The van der Waals surface area contributed by atoms with E-state index in [2.05, 4.69) is 10.6 Å². The van der Waals surface area contributed by atoms with Crippen LogP contribution < -0.4 is 16.0 Å². The van der Waals surface area contributed by atoms with Gasteiger partial charge in [-0.25, -0.2) is 4.79 Å². The molecule has 1 saturated heterocycles. The molecule has 1 unspecified atom stereocenters. The Morgan fingerprint density at radius 2 is 2.31 bits per heavy atom. The zero-order chi connectivity index (χ0) is 9.84. The van der Waals surface area contributed by atoms with Crippen LogP contribution >= 0.6 is 0 Å². The molecule has 7 nitrogen and oxygen atoms in total. The van der Waals surface area contributed by atoms with Gasteiger partial charge in [0.25, 0.3) is 0 Å². The standard InChI is InChI=1S/C6H9N3O4/c10-2-7-6(13)9-5-3(11)1-4(12)8-5/h5,10H,1-2H2,(H,8,12)(H2,7,9,13). The third-order valence-corrected chi connectivity index (χ3v) is 1.48. The van der Waals surface area contributed by atoms with Crippen molar-refractivity contribution in [3.8, 4) is 0 Å². The number of urea groups is 1. The average molecular weight is 187 g/mol. The van der Waals surface area contributed by atoms with Gasteiger partial charge in [0.2, 0.25) is 5.91 Å². The molecule has 0 aliphatic carbocycles. The number of nitrogens with one attached hydrogen (secondary N) is 3. The van der Waals surface area contributed by atoms with E-state index in [1.807, 2.05) is 5.32 Å². The Labute approximate surface area is 73.5 Å². The summed E-state index contributed by atoms with van der Waals surface area (Å²) in [5.41, 5.74) is 0. The fraction of sp³-hybridized carbons (Fsp3) is 0.500. The lowest BCUT2D eigenvalue weighted by Gasteiger charge is -2.10. The number of hydrogen-bond donors (Lipinski definition) is 4. The minimum Gasteiger partial charge on any atom is -0.376 e. The van der Waals surface area contributed by atoms with Crippen LogP contribution in [0.1, 0.15) is 6.42 Å². The Morgan fingerprint density at radius 1 is 1.62 bits per heavy atom. The maximum Gasteiger partial charge on any atom is 0.318 e. The summed E-state index contributed by atoms with van der Waals surface area (Å²) in [5.74, 6) is -0.808. The Bertz CT molecular complexity index is 252. The van der Waals surface area contributed by atoms with Crippen molar-refractivity contribution in [2.45, 2.75) is 12.6 Å². The number of aliphatic hydroxyl groups excluding tert-OH is 1. The maximum absolute atomic E-state index is 10.9. The molecule has 1 rings (SSSR count). The van der Waals surface area contributed by atoms with Gasteiger partial charge in [0.15, 0.2) is 11.9 Å². The Balaban J connectivity index is 2.41. The van der Waals surface area contributed by atoms with Crippen molar-refractivity contribution in [2.75, 3.05) is 6.73 Å². The van der Waals surface area contributed by atoms with Crippen LogP contribution in [-0.4, -0.2) is 35.7 Å². The van der Waals surface area contributed by atoms with E-state index in [1.165, 1.54) is 0 Å². The fourth-order valence-electron chi connectivity index (χ4n) is 0.923. The highest BCUT2D eigenvalue weighted by Gasteiger charge is 2.30. The van der Waals surface area contributed by atoms with Gasteiger partial charge in [0.1, 0.15) is 6.73 Å². The minimum absolute atomic E-state index is 0.218. The molecule has 0 spiro atoms. The topological polar surface area (TPSA) is 108 Å². The Morgan fingerprint density at radius 3 is 2.77 bits per heavy atom. The molecule has 0 saturated carbocycles. The van der Waals surface area contributed by atoms with Crippen molar-refractivity contribution >= 4 is 17.7 Å². The van der Waals surface area contributed by atoms with Crippen molar-refractivity contribution in [3.63, 3.8) is 0 Å². The summed E-state index contributed by atoms with van der Waals surface area (Å²) in [6, 6.07) is -0.706. The normalized spacial score (nSPS) is 21.2. The number of Topliss-reactive ketones (excluding diaryl/α,β-unsaturated/α-hetero) is 1. The summed E-state index contributed by atoms with van der Waals surface area (Å²) in [6.45, 7) is -0.527. The minimum atomic E-state index is -0.973. The first-order valence-electron chi connectivity index (χ1n) is 3.61. The molecule has 1 aliphatic rings. The molecule has 72 valence electrons. The number of rotatable bonds is 2. The van der Waals surface area contributed by atoms with Gasteiger partial charge in [-0.1, -0.05) is 0 Å². The summed E-state index contributed by atoms with van der Waals surface area (Å²) >= 11 is 0. The second kappa shape index (κ2) is 3.85. The van der Waals surface area contributed by atoms with Crippen LogP contribution in [0.5, 0.6) is 0 Å². The monoisotopic (exact) mass is 187 g/mol. The van der Waals surface area contributed by atoms with Crippen LogP contribution in [0.4, 0.5) is 4.79 Å². The number of hydrogen-bond acceptors (Lipinski definition) is 4. The molecule has 1 atom stereocenters. The van der Waals surface area contributed by atoms with Crippen LogP contribution in [0.3, 0.4) is 0 Å². The van der Waals surface area contributed by atoms with Crippen LogP contribution in [-0.2, 0) is 9.59 Å². The van der Waals surface area contributed by atoms with E-state index in [0.717, 1.165) is 0 Å². The number of amides is 3. The van der Waals surface area contributed by atoms with Crippen molar-refractivity contribution in [3.05, 3.63) is 0 Å². The van der Waals surface area contributed by atoms with Gasteiger partial charge in [0.05, 0.1) is 6.42 Å². The first kappa shape index (κ1) is 9.46. The van der Waals surface area contributed by atoms with Crippen molar-refractivity contribution in [1.29, 1.82) is 0 Å². The van der Waals surface area contributed by atoms with Crippen molar-refractivity contribution < 1.29 is 19.5 Å². The van der Waals surface area contributed by atoms with Gasteiger partial charge in [-0.05, 0) is 0 Å². The molecule has 1 heterocycles. The van der Waals surface area contributed by atoms with Gasteiger partial charge >= 0.3 is 6.03 Å². The van der Waals surface area contributed by atoms with Gasteiger partial charge in [-0.15, -0.1) is 0 Å². The van der Waals surface area contributed by atoms with Crippen LogP contribution in [0.2, 0.25) is 0 Å². The van der Waals surface area contributed by atoms with Crippen molar-refractivity contribution in [2.24, 2.45) is 0 Å². The highest BCUT2D eigenvalue weighted by Crippen LogP contribution is 1.98. The van der Waals surface area contributed by atoms with E-state index < -0.39 is 30.6 Å². The summed E-state index contributed by atoms with van der Waals surface area (Å²) < 4.78 is 0. The highest BCUT2D eigenvalue weighted by molar-refractivity contribution is 6.08. The lowest BCUT2D eigenvalue weighted by Crippen LogP contribution is -2.50. The molecule has 0 aromatic heterocycles. The average Bonchev–Trinajstić information content (AvgIpc) is 2.30. The molecule has 0 aromatic rings. The molecule has 1 aliphatic heterocycles. The van der Waals surface area contributed by atoms with E-state index in [-0.39, 0.29) is 6.42 Å². The molecule has 1 fully saturated rings. The first-order chi connectivity index (χ1) is 6.13. The molecule has 3 amide bonds. The second-order valence-electron chi connectivity index (χ2n) is 2.45. The van der Waals surface area contributed by atoms with E-state index >= 15 is 0 Å². The summed E-state index contributed by atoms with van der Waals surface area (Å²) in [4.78, 5) is 32.4. The van der Waals surface area contributed by atoms with Gasteiger partial charge < -0.3 is 21.1 Å². The smallest absolute Gasteiger partial charge is 0.318 e. The summed E-state index contributed by atoms with van der Waals surface area (Å²) in [6.07, 6.45) is -1.19. The SMILES string of the molecule is O=C1CC(=O)C(NC(=O)NCO)N1. The molecule has 13 heavy (non-hydrogen) atoms. The van der Waals surface area contributed by atoms with Crippen LogP contribution in [0.15, 0.2) is 0 Å². The number of ketones is 1. The predicted octanol–water partition coefficient (Wildman–Crippen LogP) is -2.35. The summed E-state index contributed by atoms with van der Waals surface area (Å²) in [7, 11) is 0. The molecule has 4 N–H and O–H groups in total. The number of carbonyl (C=O) groups excluding carboxylic acids is 3. The van der Waals surface area contributed by atoms with E-state index in [4.69, 9.17) is 5.11 Å². The third kappa shape index (κ3) is 2.41. The zero-order valence-electron chi connectivity index (χ0n) is 6.66. The fourth-order valence-corrected chi connectivity index (χ4v) is 0.923. The quantitative estimate of drug-likeness (QED) is 0.287. The lowest BCUT2D eigenvalue weighted by atomic mass is 10.3. The van der Waals surface area contributed by atoms with E-state index in [1.54, 1.807) is 0 Å². The zero-order valence-corrected chi connectivity index (χ0v) is 6.66. The summed E-state index contributed by atoms with van der Waals surface area (Å²) in [5, 5.41) is 14.7. The predicted molar refractivity (Wildman–Crippen MR) is 40.3 cm³/mol. The molecule has 0 bridgehead atoms. The molecule has 0 radical (unpaired) electrons. The highest BCUT2D eigenvalue weighted by atomic mass is 16.3.